The quantitative estimate of drug-likeness (QED) is 0.0262. The lowest BCUT2D eigenvalue weighted by Crippen LogP contribution is -2.30. The molecule has 0 aromatic carbocycles. The van der Waals surface area contributed by atoms with E-state index in [4.69, 9.17) is 14.2 Å². The maximum Gasteiger partial charge on any atom is 0.306 e. The monoisotopic (exact) mass is 959 g/mol. The summed E-state index contributed by atoms with van der Waals surface area (Å²) < 4.78 is 16.8. The highest BCUT2D eigenvalue weighted by Gasteiger charge is 2.19. The first-order chi connectivity index (χ1) is 34.0. The van der Waals surface area contributed by atoms with E-state index in [0.717, 1.165) is 122 Å². The Morgan fingerprint density at radius 2 is 0.565 bits per heavy atom. The van der Waals surface area contributed by atoms with Crippen LogP contribution in [0, 0.1) is 0 Å². The third-order valence-corrected chi connectivity index (χ3v) is 12.1. The molecule has 0 spiro atoms. The van der Waals surface area contributed by atoms with Crippen molar-refractivity contribution in [3.8, 4) is 0 Å². The van der Waals surface area contributed by atoms with Gasteiger partial charge < -0.3 is 14.2 Å². The fourth-order valence-electron chi connectivity index (χ4n) is 7.77. The number of allylic oxidation sites excluding steroid dienone is 16. The number of esters is 3. The van der Waals surface area contributed by atoms with E-state index < -0.39 is 6.10 Å². The largest absolute Gasteiger partial charge is 0.462 e. The second-order valence-corrected chi connectivity index (χ2v) is 18.8. The standard InChI is InChI=1S/C63H106O6/c1-4-7-10-13-16-18-20-22-24-26-28-30-31-33-34-36-38-40-42-44-47-50-53-56-62(65)68-59-60(58-67-61(64)55-52-49-46-15-12-9-6-3)69-63(66)57-54-51-48-45-43-41-39-37-35-32-29-27-25-23-21-19-17-14-11-8-5-2/h7,10,16,18,21-24,27-30,33-35,37,60H,4-6,8-9,11-15,17,19-20,25-26,31-32,36,38-59H2,1-3H3/b10-7-,18-16-,23-21-,24-22-,29-27-,30-28-,34-33-,37-35-. The van der Waals surface area contributed by atoms with Crippen LogP contribution < -0.4 is 0 Å². The van der Waals surface area contributed by atoms with E-state index in [-0.39, 0.29) is 31.1 Å². The summed E-state index contributed by atoms with van der Waals surface area (Å²) in [6, 6.07) is 0. The van der Waals surface area contributed by atoms with Gasteiger partial charge in [0.1, 0.15) is 13.2 Å². The molecule has 0 aromatic rings. The molecular weight excluding hydrogens is 853 g/mol. The van der Waals surface area contributed by atoms with Gasteiger partial charge in [0.15, 0.2) is 6.10 Å². The minimum absolute atomic E-state index is 0.0865. The average molecular weight is 960 g/mol. The van der Waals surface area contributed by atoms with Crippen molar-refractivity contribution >= 4 is 17.9 Å². The van der Waals surface area contributed by atoms with Crippen molar-refractivity contribution in [2.45, 2.75) is 271 Å². The van der Waals surface area contributed by atoms with Crippen LogP contribution in [0.1, 0.15) is 265 Å². The third kappa shape index (κ3) is 55.1. The lowest BCUT2D eigenvalue weighted by Gasteiger charge is -2.18. The number of ether oxygens (including phenoxy) is 3. The number of carbonyl (C=O) groups excluding carboxylic acids is 3. The number of hydrogen-bond donors (Lipinski definition) is 0. The van der Waals surface area contributed by atoms with Crippen molar-refractivity contribution in [1.82, 2.24) is 0 Å². The molecule has 69 heavy (non-hydrogen) atoms. The highest BCUT2D eigenvalue weighted by atomic mass is 16.6. The van der Waals surface area contributed by atoms with Crippen molar-refractivity contribution in [2.75, 3.05) is 13.2 Å². The predicted octanol–water partition coefficient (Wildman–Crippen LogP) is 19.3. The molecule has 0 fully saturated rings. The molecule has 0 heterocycles. The van der Waals surface area contributed by atoms with E-state index >= 15 is 0 Å². The van der Waals surface area contributed by atoms with Gasteiger partial charge in [0.25, 0.3) is 0 Å². The predicted molar refractivity (Wildman–Crippen MR) is 297 cm³/mol. The van der Waals surface area contributed by atoms with Crippen molar-refractivity contribution < 1.29 is 28.6 Å². The van der Waals surface area contributed by atoms with Crippen LogP contribution in [0.15, 0.2) is 97.2 Å². The van der Waals surface area contributed by atoms with Crippen LogP contribution in [-0.4, -0.2) is 37.2 Å². The van der Waals surface area contributed by atoms with Crippen LogP contribution in [0.2, 0.25) is 0 Å². The van der Waals surface area contributed by atoms with Crippen LogP contribution in [0.3, 0.4) is 0 Å². The van der Waals surface area contributed by atoms with Gasteiger partial charge in [-0.3, -0.25) is 14.4 Å². The van der Waals surface area contributed by atoms with E-state index in [9.17, 15) is 14.4 Å². The zero-order valence-electron chi connectivity index (χ0n) is 45.0. The lowest BCUT2D eigenvalue weighted by molar-refractivity contribution is -0.167. The van der Waals surface area contributed by atoms with Gasteiger partial charge in [0.05, 0.1) is 0 Å². The van der Waals surface area contributed by atoms with Crippen LogP contribution in [0.4, 0.5) is 0 Å². The van der Waals surface area contributed by atoms with Crippen molar-refractivity contribution in [2.24, 2.45) is 0 Å². The summed E-state index contributed by atoms with van der Waals surface area (Å²) in [6.07, 6.45) is 75.6. The Bertz CT molecular complexity index is 1380. The van der Waals surface area contributed by atoms with Crippen LogP contribution in [0.5, 0.6) is 0 Å². The summed E-state index contributed by atoms with van der Waals surface area (Å²) in [7, 11) is 0. The fourth-order valence-corrected chi connectivity index (χ4v) is 7.77. The summed E-state index contributed by atoms with van der Waals surface area (Å²) in [5, 5.41) is 0. The molecule has 0 bridgehead atoms. The maximum absolute atomic E-state index is 12.8. The van der Waals surface area contributed by atoms with Crippen molar-refractivity contribution in [3.63, 3.8) is 0 Å². The first-order valence-electron chi connectivity index (χ1n) is 28.7. The van der Waals surface area contributed by atoms with Gasteiger partial charge in [-0.2, -0.15) is 0 Å². The Balaban J connectivity index is 4.27. The Morgan fingerprint density at radius 1 is 0.304 bits per heavy atom. The highest BCUT2D eigenvalue weighted by molar-refractivity contribution is 5.71. The summed E-state index contributed by atoms with van der Waals surface area (Å²) in [5.74, 6) is -0.915. The molecular formula is C63H106O6. The highest BCUT2D eigenvalue weighted by Crippen LogP contribution is 2.14. The second kappa shape index (κ2) is 56.9. The minimum atomic E-state index is -0.788. The third-order valence-electron chi connectivity index (χ3n) is 12.1. The van der Waals surface area contributed by atoms with Crippen LogP contribution in [0.25, 0.3) is 0 Å². The molecule has 0 radical (unpaired) electrons. The molecule has 6 heteroatoms. The summed E-state index contributed by atoms with van der Waals surface area (Å²) in [4.78, 5) is 38.0. The topological polar surface area (TPSA) is 78.9 Å². The maximum atomic E-state index is 12.8. The zero-order chi connectivity index (χ0) is 50.0. The SMILES string of the molecule is CC/C=C\C/C=C\C/C=C\C/C=C\C/C=C\CCCCCCCCCC(=O)OCC(COC(=O)CCCCCCCCC)OC(=O)CCCCCCCC/C=C\C/C=C\C/C=C\CCCCCCC. The van der Waals surface area contributed by atoms with Gasteiger partial charge in [-0.25, -0.2) is 0 Å². The Kier molecular flexibility index (Phi) is 53.9. The molecule has 0 rings (SSSR count). The van der Waals surface area contributed by atoms with E-state index in [0.29, 0.717) is 19.3 Å². The van der Waals surface area contributed by atoms with E-state index in [2.05, 4.69) is 118 Å². The van der Waals surface area contributed by atoms with Crippen molar-refractivity contribution in [3.05, 3.63) is 97.2 Å². The molecule has 1 unspecified atom stereocenters. The van der Waals surface area contributed by atoms with Gasteiger partial charge >= 0.3 is 17.9 Å². The van der Waals surface area contributed by atoms with Gasteiger partial charge in [-0.1, -0.05) is 240 Å². The van der Waals surface area contributed by atoms with Crippen LogP contribution in [-0.2, 0) is 28.6 Å². The van der Waals surface area contributed by atoms with Gasteiger partial charge in [-0.05, 0) is 103 Å². The fraction of sp³-hybridized carbons (Fsp3) is 0.698. The molecule has 394 valence electrons. The zero-order valence-corrected chi connectivity index (χ0v) is 45.0. The van der Waals surface area contributed by atoms with E-state index in [1.54, 1.807) is 0 Å². The number of carbonyl (C=O) groups is 3. The van der Waals surface area contributed by atoms with E-state index in [1.165, 1.54) is 103 Å². The van der Waals surface area contributed by atoms with E-state index in [1.807, 2.05) is 0 Å². The molecule has 0 aliphatic heterocycles. The number of rotatable bonds is 51. The number of hydrogen-bond acceptors (Lipinski definition) is 6. The normalized spacial score (nSPS) is 12.8. The molecule has 0 N–H and O–H groups in total. The lowest BCUT2D eigenvalue weighted by atomic mass is 10.1. The summed E-state index contributed by atoms with van der Waals surface area (Å²) >= 11 is 0. The Morgan fingerprint density at radius 3 is 0.884 bits per heavy atom. The smallest absolute Gasteiger partial charge is 0.306 e. The van der Waals surface area contributed by atoms with Crippen LogP contribution >= 0.6 is 0 Å². The molecule has 6 nitrogen and oxygen atoms in total. The minimum Gasteiger partial charge on any atom is -0.462 e. The first-order valence-corrected chi connectivity index (χ1v) is 28.7. The van der Waals surface area contributed by atoms with Gasteiger partial charge in [0, 0.05) is 19.3 Å². The molecule has 0 aliphatic rings. The second-order valence-electron chi connectivity index (χ2n) is 18.8. The van der Waals surface area contributed by atoms with Gasteiger partial charge in [-0.15, -0.1) is 0 Å². The molecule has 0 saturated carbocycles. The summed E-state index contributed by atoms with van der Waals surface area (Å²) in [5.41, 5.74) is 0. The molecule has 1 atom stereocenters. The van der Waals surface area contributed by atoms with Gasteiger partial charge in [0.2, 0.25) is 0 Å². The van der Waals surface area contributed by atoms with Crippen molar-refractivity contribution in [1.29, 1.82) is 0 Å². The average Bonchev–Trinajstić information content (AvgIpc) is 3.35. The first kappa shape index (κ1) is 65.3. The Hall–Kier alpha value is -3.67. The molecule has 0 aromatic heterocycles. The molecule has 0 aliphatic carbocycles. The number of unbranched alkanes of at least 4 members (excludes halogenated alkanes) is 24. The Labute approximate surface area is 426 Å². The molecule has 0 saturated heterocycles. The summed E-state index contributed by atoms with van der Waals surface area (Å²) in [6.45, 7) is 6.46. The molecule has 0 amide bonds.